The van der Waals surface area contributed by atoms with E-state index < -0.39 is 0 Å². The molecule has 0 saturated heterocycles. The van der Waals surface area contributed by atoms with Gasteiger partial charge < -0.3 is 9.97 Å². The van der Waals surface area contributed by atoms with Gasteiger partial charge in [-0.05, 0) is 31.2 Å². The van der Waals surface area contributed by atoms with Gasteiger partial charge in [0.05, 0.1) is 15.7 Å². The highest BCUT2D eigenvalue weighted by atomic mass is 35.5. The smallest absolute Gasteiger partial charge is 0.112 e. The molecule has 20 heavy (non-hydrogen) atoms. The molecule has 5 heteroatoms. The summed E-state index contributed by atoms with van der Waals surface area (Å²) in [5, 5.41) is 1.09. The Labute approximate surface area is 127 Å². The second-order valence-electron chi connectivity index (χ2n) is 4.66. The largest absolute Gasteiger partial charge is 0.365 e. The van der Waals surface area contributed by atoms with E-state index in [1.807, 2.05) is 37.4 Å². The van der Waals surface area contributed by atoms with E-state index in [-0.39, 0.29) is 0 Å². The maximum atomic E-state index is 6.06. The molecule has 2 heterocycles. The van der Waals surface area contributed by atoms with Gasteiger partial charge >= 0.3 is 0 Å². The number of halogens is 2. The van der Waals surface area contributed by atoms with Crippen molar-refractivity contribution >= 4 is 23.2 Å². The van der Waals surface area contributed by atoms with E-state index in [4.69, 9.17) is 23.2 Å². The van der Waals surface area contributed by atoms with Crippen molar-refractivity contribution in [2.75, 3.05) is 0 Å². The Morgan fingerprint density at radius 2 is 2.00 bits per heavy atom. The minimum atomic E-state index is 0.539. The van der Waals surface area contributed by atoms with Gasteiger partial charge in [-0.2, -0.15) is 0 Å². The first-order valence-corrected chi connectivity index (χ1v) is 7.02. The summed E-state index contributed by atoms with van der Waals surface area (Å²) >= 11 is 12.0. The summed E-state index contributed by atoms with van der Waals surface area (Å²) in [5.74, 6) is 0.922. The average Bonchev–Trinajstić information content (AvgIpc) is 3.03. The number of hydrogen-bond acceptors (Lipinski definition) is 1. The Kier molecular flexibility index (Phi) is 3.55. The monoisotopic (exact) mass is 305 g/mol. The summed E-state index contributed by atoms with van der Waals surface area (Å²) < 4.78 is 0. The van der Waals surface area contributed by atoms with Crippen molar-refractivity contribution in [3.8, 4) is 11.3 Å². The average molecular weight is 306 g/mol. The molecule has 0 atom stereocenters. The number of H-pyrrole nitrogens is 2. The normalized spacial score (nSPS) is 10.9. The third-order valence-corrected chi connectivity index (χ3v) is 3.89. The molecule has 0 unspecified atom stereocenters. The van der Waals surface area contributed by atoms with Crippen LogP contribution >= 0.6 is 23.2 Å². The van der Waals surface area contributed by atoms with Crippen LogP contribution in [0.4, 0.5) is 0 Å². The lowest BCUT2D eigenvalue weighted by molar-refractivity contribution is 0.984. The third-order valence-electron chi connectivity index (χ3n) is 3.15. The Bertz CT molecular complexity index is 730. The van der Waals surface area contributed by atoms with Gasteiger partial charge in [0.1, 0.15) is 5.82 Å². The molecule has 0 radical (unpaired) electrons. The highest BCUT2D eigenvalue weighted by Gasteiger charge is 2.11. The molecule has 0 aliphatic heterocycles. The van der Waals surface area contributed by atoms with Crippen molar-refractivity contribution in [2.45, 2.75) is 13.3 Å². The van der Waals surface area contributed by atoms with Crippen LogP contribution in [-0.4, -0.2) is 15.0 Å². The first-order valence-electron chi connectivity index (χ1n) is 6.26. The molecule has 102 valence electrons. The molecule has 3 nitrogen and oxygen atoms in total. The zero-order valence-corrected chi connectivity index (χ0v) is 12.4. The quantitative estimate of drug-likeness (QED) is 0.729. The lowest BCUT2D eigenvalue weighted by Crippen LogP contribution is -1.90. The third kappa shape index (κ3) is 2.60. The Morgan fingerprint density at radius 3 is 2.70 bits per heavy atom. The maximum absolute atomic E-state index is 6.06. The Hall–Kier alpha value is -1.71. The van der Waals surface area contributed by atoms with E-state index in [1.54, 1.807) is 6.07 Å². The van der Waals surface area contributed by atoms with E-state index in [1.165, 1.54) is 0 Å². The minimum Gasteiger partial charge on any atom is -0.365 e. The molecule has 2 aromatic heterocycles. The van der Waals surface area contributed by atoms with Gasteiger partial charge in [0.2, 0.25) is 0 Å². The SMILES string of the molecule is Cc1[nH]c(Cc2ccc[nH]2)nc1-c1ccc(Cl)c(Cl)c1. The van der Waals surface area contributed by atoms with Crippen LogP contribution in [0.25, 0.3) is 11.3 Å². The van der Waals surface area contributed by atoms with Gasteiger partial charge in [-0.15, -0.1) is 0 Å². The van der Waals surface area contributed by atoms with E-state index >= 15 is 0 Å². The van der Waals surface area contributed by atoms with E-state index in [2.05, 4.69) is 15.0 Å². The first kappa shape index (κ1) is 13.3. The van der Waals surface area contributed by atoms with Crippen LogP contribution in [0.3, 0.4) is 0 Å². The molecular formula is C15H13Cl2N3. The van der Waals surface area contributed by atoms with E-state index in [9.17, 15) is 0 Å². The van der Waals surface area contributed by atoms with E-state index in [0.29, 0.717) is 10.0 Å². The number of benzene rings is 1. The van der Waals surface area contributed by atoms with Gasteiger partial charge in [0.25, 0.3) is 0 Å². The first-order chi connectivity index (χ1) is 9.63. The Balaban J connectivity index is 1.94. The highest BCUT2D eigenvalue weighted by molar-refractivity contribution is 6.42. The fraction of sp³-hybridized carbons (Fsp3) is 0.133. The minimum absolute atomic E-state index is 0.539. The van der Waals surface area contributed by atoms with E-state index in [0.717, 1.165) is 34.9 Å². The number of aryl methyl sites for hydroxylation is 1. The van der Waals surface area contributed by atoms with Gasteiger partial charge in [-0.3, -0.25) is 0 Å². The number of hydrogen-bond donors (Lipinski definition) is 2. The lowest BCUT2D eigenvalue weighted by Gasteiger charge is -2.01. The summed E-state index contributed by atoms with van der Waals surface area (Å²) in [6.07, 6.45) is 2.65. The number of nitrogens with one attached hydrogen (secondary N) is 2. The molecule has 3 aromatic rings. The lowest BCUT2D eigenvalue weighted by atomic mass is 10.1. The standard InChI is InChI=1S/C15H13Cl2N3/c1-9-15(10-4-5-12(16)13(17)7-10)20-14(19-9)8-11-3-2-6-18-11/h2-7,18H,8H2,1H3,(H,19,20). The second kappa shape index (κ2) is 5.35. The molecule has 0 aliphatic rings. The summed E-state index contributed by atoms with van der Waals surface area (Å²) in [4.78, 5) is 11.1. The fourth-order valence-corrected chi connectivity index (χ4v) is 2.49. The summed E-state index contributed by atoms with van der Waals surface area (Å²) in [7, 11) is 0. The molecule has 0 fully saturated rings. The zero-order chi connectivity index (χ0) is 14.1. The van der Waals surface area contributed by atoms with Gasteiger partial charge in [-0.1, -0.05) is 29.3 Å². The maximum Gasteiger partial charge on any atom is 0.112 e. The van der Waals surface area contributed by atoms with Gasteiger partial charge in [0.15, 0.2) is 0 Å². The highest BCUT2D eigenvalue weighted by Crippen LogP contribution is 2.29. The van der Waals surface area contributed by atoms with Crippen LogP contribution in [0, 0.1) is 6.92 Å². The van der Waals surface area contributed by atoms with Crippen LogP contribution < -0.4 is 0 Å². The van der Waals surface area contributed by atoms with Crippen molar-refractivity contribution in [2.24, 2.45) is 0 Å². The molecule has 0 bridgehead atoms. The molecule has 0 amide bonds. The van der Waals surface area contributed by atoms with Crippen molar-refractivity contribution in [3.63, 3.8) is 0 Å². The van der Waals surface area contributed by atoms with Crippen LogP contribution in [0.2, 0.25) is 10.0 Å². The Morgan fingerprint density at radius 1 is 1.15 bits per heavy atom. The molecule has 3 rings (SSSR count). The zero-order valence-electron chi connectivity index (χ0n) is 10.9. The van der Waals surface area contributed by atoms with Crippen LogP contribution in [0.1, 0.15) is 17.2 Å². The number of aromatic nitrogens is 3. The van der Waals surface area contributed by atoms with Crippen molar-refractivity contribution < 1.29 is 0 Å². The van der Waals surface area contributed by atoms with Crippen LogP contribution in [0.15, 0.2) is 36.5 Å². The molecule has 0 saturated carbocycles. The molecule has 2 N–H and O–H groups in total. The summed E-state index contributed by atoms with van der Waals surface area (Å²) in [6.45, 7) is 2.00. The molecular weight excluding hydrogens is 293 g/mol. The summed E-state index contributed by atoms with van der Waals surface area (Å²) in [6, 6.07) is 9.57. The number of rotatable bonds is 3. The van der Waals surface area contributed by atoms with Crippen molar-refractivity contribution in [3.05, 3.63) is 63.8 Å². The van der Waals surface area contributed by atoms with Crippen LogP contribution in [0.5, 0.6) is 0 Å². The molecule has 0 spiro atoms. The second-order valence-corrected chi connectivity index (χ2v) is 5.47. The fourth-order valence-electron chi connectivity index (χ4n) is 2.19. The number of aromatic amines is 2. The van der Waals surface area contributed by atoms with Crippen LogP contribution in [-0.2, 0) is 6.42 Å². The molecule has 1 aromatic carbocycles. The molecule has 0 aliphatic carbocycles. The topological polar surface area (TPSA) is 44.5 Å². The van der Waals surface area contributed by atoms with Crippen molar-refractivity contribution in [1.29, 1.82) is 0 Å². The summed E-state index contributed by atoms with van der Waals surface area (Å²) in [5.41, 5.74) is 4.01. The van der Waals surface area contributed by atoms with Gasteiger partial charge in [-0.25, -0.2) is 4.98 Å². The number of imidazole rings is 1. The van der Waals surface area contributed by atoms with Gasteiger partial charge in [0, 0.05) is 29.6 Å². The number of nitrogens with zero attached hydrogens (tertiary/aromatic N) is 1. The van der Waals surface area contributed by atoms with Crippen molar-refractivity contribution in [1.82, 2.24) is 15.0 Å². The predicted molar refractivity (Wildman–Crippen MR) is 82.4 cm³/mol. The predicted octanol–water partition coefficient (Wildman–Crippen LogP) is 4.61.